The fourth-order valence-electron chi connectivity index (χ4n) is 5.80. The van der Waals surface area contributed by atoms with Crippen molar-refractivity contribution in [2.24, 2.45) is 0 Å². The zero-order valence-electron chi connectivity index (χ0n) is 26.2. The summed E-state index contributed by atoms with van der Waals surface area (Å²) in [5.74, 6) is 0.838. The zero-order valence-corrected chi connectivity index (χ0v) is 26.2. The van der Waals surface area contributed by atoms with E-state index in [1.54, 1.807) is 44.6 Å². The molecule has 5 aromatic rings. The number of nitrogens with zero attached hydrogens (tertiary/aromatic N) is 2. The first-order chi connectivity index (χ1) is 23.3. The second-order valence-electron chi connectivity index (χ2n) is 11.1. The van der Waals surface area contributed by atoms with Crippen LogP contribution in [0.15, 0.2) is 126 Å². The maximum atomic E-state index is 15.7. The molecule has 0 aliphatic carbocycles. The number of methoxy groups -OCH3 is 2. The van der Waals surface area contributed by atoms with Gasteiger partial charge in [-0.1, -0.05) is 72.8 Å². The van der Waals surface area contributed by atoms with Crippen LogP contribution in [0.4, 0.5) is 10.2 Å². The lowest BCUT2D eigenvalue weighted by molar-refractivity contribution is -0.0950. The van der Waals surface area contributed by atoms with Gasteiger partial charge in [-0.25, -0.2) is 9.18 Å². The lowest BCUT2D eigenvalue weighted by Gasteiger charge is -2.37. The summed E-state index contributed by atoms with van der Waals surface area (Å²) in [6, 6.07) is 34.1. The molecule has 0 radical (unpaired) electrons. The van der Waals surface area contributed by atoms with E-state index < -0.39 is 41.8 Å². The van der Waals surface area contributed by atoms with Gasteiger partial charge in [-0.2, -0.15) is 4.98 Å². The average molecular weight is 652 g/mol. The molecule has 4 atom stereocenters. The maximum Gasteiger partial charge on any atom is 0.351 e. The standard InChI is InChI=1S/C37H34FN3O7/c1-45-28-17-13-26(14-18-28)37(25-11-7-4-8-12-25,27-15-19-29(46-2)20-16-27)47-23-30-33(42)32(38)35(48-30)41-22-21-31(40-36(41)44)39-34(43)24-9-5-3-6-10-24/h3-22,30,32-33,35,42H,23H2,1-2H3,(H,39,40,43,44)/t30-,32-,33+,35-/m1/s1. The van der Waals surface area contributed by atoms with E-state index >= 15 is 4.39 Å². The van der Waals surface area contributed by atoms with Gasteiger partial charge in [0.2, 0.25) is 0 Å². The van der Waals surface area contributed by atoms with Gasteiger partial charge >= 0.3 is 5.69 Å². The van der Waals surface area contributed by atoms with Crippen LogP contribution < -0.4 is 20.5 Å². The average Bonchev–Trinajstić information content (AvgIpc) is 3.42. The lowest BCUT2D eigenvalue weighted by atomic mass is 9.80. The number of ether oxygens (including phenoxy) is 4. The first kappa shape index (κ1) is 32.6. The van der Waals surface area contributed by atoms with E-state index in [1.165, 1.54) is 12.3 Å². The van der Waals surface area contributed by atoms with Crippen LogP contribution in [0.1, 0.15) is 33.3 Å². The molecule has 1 aliphatic heterocycles. The first-order valence-corrected chi connectivity index (χ1v) is 15.3. The molecule has 4 aromatic carbocycles. The van der Waals surface area contributed by atoms with Crippen molar-refractivity contribution in [3.63, 3.8) is 0 Å². The van der Waals surface area contributed by atoms with Gasteiger partial charge in [-0.15, -0.1) is 0 Å². The highest BCUT2D eigenvalue weighted by Gasteiger charge is 2.48. The monoisotopic (exact) mass is 651 g/mol. The van der Waals surface area contributed by atoms with E-state index in [-0.39, 0.29) is 12.4 Å². The van der Waals surface area contributed by atoms with Crippen molar-refractivity contribution >= 4 is 11.7 Å². The second-order valence-corrected chi connectivity index (χ2v) is 11.1. The fraction of sp³-hybridized carbons (Fsp3) is 0.216. The maximum absolute atomic E-state index is 15.7. The number of aromatic nitrogens is 2. The third kappa shape index (κ3) is 6.43. The van der Waals surface area contributed by atoms with Gasteiger partial charge in [-0.05, 0) is 59.2 Å². The number of alkyl halides is 1. The van der Waals surface area contributed by atoms with Crippen LogP contribution in [0.25, 0.3) is 0 Å². The minimum atomic E-state index is -1.98. The molecule has 6 rings (SSSR count). The Kier molecular flexibility index (Phi) is 9.62. The number of benzene rings is 4. The van der Waals surface area contributed by atoms with Gasteiger partial charge in [0.25, 0.3) is 5.91 Å². The Hall–Kier alpha value is -5.36. The summed E-state index contributed by atoms with van der Waals surface area (Å²) in [7, 11) is 3.16. The van der Waals surface area contributed by atoms with E-state index in [0.717, 1.165) is 21.3 Å². The van der Waals surface area contributed by atoms with Crippen molar-refractivity contribution in [1.82, 2.24) is 9.55 Å². The first-order valence-electron chi connectivity index (χ1n) is 15.3. The normalized spacial score (nSPS) is 19.1. The van der Waals surface area contributed by atoms with E-state index in [0.29, 0.717) is 17.1 Å². The van der Waals surface area contributed by atoms with Crippen LogP contribution in [-0.4, -0.2) is 59.8 Å². The third-order valence-electron chi connectivity index (χ3n) is 8.31. The molecule has 0 bridgehead atoms. The summed E-state index contributed by atoms with van der Waals surface area (Å²) < 4.78 is 40.1. The summed E-state index contributed by atoms with van der Waals surface area (Å²) in [6.45, 7) is -0.252. The summed E-state index contributed by atoms with van der Waals surface area (Å²) in [5, 5.41) is 13.6. The van der Waals surface area contributed by atoms with Crippen molar-refractivity contribution in [2.45, 2.75) is 30.2 Å². The van der Waals surface area contributed by atoms with Crippen molar-refractivity contribution in [3.05, 3.63) is 154 Å². The quantitative estimate of drug-likeness (QED) is 0.189. The van der Waals surface area contributed by atoms with Crippen LogP contribution in [-0.2, 0) is 15.1 Å². The molecule has 0 unspecified atom stereocenters. The number of hydrogen-bond donors (Lipinski definition) is 2. The second kappa shape index (κ2) is 14.2. The molecule has 10 nitrogen and oxygen atoms in total. The highest BCUT2D eigenvalue weighted by molar-refractivity contribution is 6.03. The van der Waals surface area contributed by atoms with Crippen LogP contribution in [0.5, 0.6) is 11.5 Å². The SMILES string of the molecule is COc1ccc(C(OC[C@H]2O[C@@H](n3ccc(NC(=O)c4ccccc4)nc3=O)[C@H](F)[C@H]2O)(c2ccccc2)c2ccc(OC)cc2)cc1. The van der Waals surface area contributed by atoms with E-state index in [2.05, 4.69) is 10.3 Å². The van der Waals surface area contributed by atoms with Gasteiger partial charge in [0.1, 0.15) is 35.1 Å². The summed E-state index contributed by atoms with van der Waals surface area (Å²) in [5.41, 5.74) is 0.549. The number of halogens is 1. The molecule has 48 heavy (non-hydrogen) atoms. The fourth-order valence-corrected chi connectivity index (χ4v) is 5.80. The predicted molar refractivity (Wildman–Crippen MR) is 176 cm³/mol. The highest BCUT2D eigenvalue weighted by Crippen LogP contribution is 2.43. The number of carbonyl (C=O) groups excluding carboxylic acids is 1. The molecule has 2 N–H and O–H groups in total. The van der Waals surface area contributed by atoms with E-state index in [4.69, 9.17) is 18.9 Å². The number of aliphatic hydroxyl groups excluding tert-OH is 1. The predicted octanol–water partition coefficient (Wildman–Crippen LogP) is 5.12. The smallest absolute Gasteiger partial charge is 0.351 e. The summed E-state index contributed by atoms with van der Waals surface area (Å²) in [4.78, 5) is 29.4. The van der Waals surface area contributed by atoms with Crippen molar-refractivity contribution in [2.75, 3.05) is 26.1 Å². The van der Waals surface area contributed by atoms with Gasteiger partial charge < -0.3 is 29.4 Å². The molecular weight excluding hydrogens is 617 g/mol. The Bertz CT molecular complexity index is 1840. The van der Waals surface area contributed by atoms with Crippen LogP contribution in [0.3, 0.4) is 0 Å². The minimum Gasteiger partial charge on any atom is -0.497 e. The molecule has 1 aliphatic rings. The molecule has 1 saturated heterocycles. The Morgan fingerprint density at radius 2 is 1.40 bits per heavy atom. The largest absolute Gasteiger partial charge is 0.497 e. The van der Waals surface area contributed by atoms with Gasteiger partial charge in [-0.3, -0.25) is 9.36 Å². The van der Waals surface area contributed by atoms with Crippen LogP contribution in [0, 0.1) is 0 Å². The van der Waals surface area contributed by atoms with E-state index in [9.17, 15) is 14.7 Å². The number of carbonyl (C=O) groups is 1. The molecule has 246 valence electrons. The van der Waals surface area contributed by atoms with Crippen molar-refractivity contribution in [3.8, 4) is 11.5 Å². The third-order valence-corrected chi connectivity index (χ3v) is 8.31. The summed E-state index contributed by atoms with van der Waals surface area (Å²) >= 11 is 0. The van der Waals surface area contributed by atoms with E-state index in [1.807, 2.05) is 78.9 Å². The number of rotatable bonds is 11. The van der Waals surface area contributed by atoms with Crippen molar-refractivity contribution in [1.29, 1.82) is 0 Å². The Labute approximate surface area is 276 Å². The number of anilines is 1. The van der Waals surface area contributed by atoms with Crippen LogP contribution in [0.2, 0.25) is 0 Å². The molecule has 0 spiro atoms. The molecule has 1 fully saturated rings. The Balaban J connectivity index is 1.29. The minimum absolute atomic E-state index is 0.00873. The molecule has 0 saturated carbocycles. The molecule has 2 heterocycles. The van der Waals surface area contributed by atoms with Gasteiger partial charge in [0.05, 0.1) is 20.8 Å². The Morgan fingerprint density at radius 1 is 0.854 bits per heavy atom. The zero-order chi connectivity index (χ0) is 33.7. The summed E-state index contributed by atoms with van der Waals surface area (Å²) in [6.07, 6.45) is -4.98. The van der Waals surface area contributed by atoms with Gasteiger partial charge in [0.15, 0.2) is 12.4 Å². The van der Waals surface area contributed by atoms with Gasteiger partial charge in [0, 0.05) is 11.8 Å². The molecule has 11 heteroatoms. The molecular formula is C37H34FN3O7. The van der Waals surface area contributed by atoms with Crippen LogP contribution >= 0.6 is 0 Å². The number of amides is 1. The highest BCUT2D eigenvalue weighted by atomic mass is 19.1. The molecule has 1 amide bonds. The topological polar surface area (TPSA) is 121 Å². The number of nitrogens with one attached hydrogen (secondary N) is 1. The molecule has 1 aromatic heterocycles. The van der Waals surface area contributed by atoms with Crippen molar-refractivity contribution < 1.29 is 33.2 Å². The number of aliphatic hydroxyl groups is 1. The number of hydrogen-bond acceptors (Lipinski definition) is 8. The Morgan fingerprint density at radius 3 is 1.94 bits per heavy atom. The lowest BCUT2D eigenvalue weighted by Crippen LogP contribution is -2.39.